The van der Waals surface area contributed by atoms with Crippen molar-refractivity contribution < 1.29 is 4.57 Å². The van der Waals surface area contributed by atoms with Gasteiger partial charge in [-0.1, -0.05) is 109 Å². The summed E-state index contributed by atoms with van der Waals surface area (Å²) in [7, 11) is 2.15. The predicted molar refractivity (Wildman–Crippen MR) is 173 cm³/mol. The van der Waals surface area contributed by atoms with Gasteiger partial charge >= 0.3 is 0 Å². The van der Waals surface area contributed by atoms with E-state index in [1.807, 2.05) is 0 Å². The molecule has 0 saturated carbocycles. The number of aromatic nitrogens is 1. The Morgan fingerprint density at radius 3 is 1.52 bits per heavy atom. The molecule has 0 amide bonds. The van der Waals surface area contributed by atoms with E-state index in [9.17, 15) is 0 Å². The Labute approximate surface area is 247 Å². The van der Waals surface area contributed by atoms with Crippen molar-refractivity contribution in [1.29, 1.82) is 0 Å². The van der Waals surface area contributed by atoms with Gasteiger partial charge in [0, 0.05) is 29.7 Å². The van der Waals surface area contributed by atoms with Gasteiger partial charge in [-0.05, 0) is 58.7 Å². The number of benzene rings is 5. The van der Waals surface area contributed by atoms with Gasteiger partial charge in [-0.15, -0.1) is 0 Å². The summed E-state index contributed by atoms with van der Waals surface area (Å²) in [4.78, 5) is 0. The van der Waals surface area contributed by atoms with Crippen LogP contribution in [0.15, 0.2) is 163 Å². The largest absolute Gasteiger partial charge is 0.257 e. The van der Waals surface area contributed by atoms with Crippen LogP contribution in [0.2, 0.25) is 0 Å². The van der Waals surface area contributed by atoms with E-state index in [-0.39, 0.29) is 6.04 Å². The molecular weight excluding hydrogens is 510 g/mol. The minimum absolute atomic E-state index is 0.150. The second-order valence-electron chi connectivity index (χ2n) is 10.7. The van der Waals surface area contributed by atoms with Gasteiger partial charge in [-0.2, -0.15) is 9.67 Å². The van der Waals surface area contributed by atoms with Crippen LogP contribution in [0.4, 0.5) is 5.69 Å². The summed E-state index contributed by atoms with van der Waals surface area (Å²) in [6.45, 7) is 0. The normalized spacial score (nSPS) is 14.5. The Balaban J connectivity index is 1.29. The maximum atomic E-state index is 5.15. The molecule has 1 aliphatic heterocycles. The summed E-state index contributed by atoms with van der Waals surface area (Å²) in [5, 5.41) is 7.35. The van der Waals surface area contributed by atoms with Gasteiger partial charge in [0.05, 0.1) is 17.4 Å². The van der Waals surface area contributed by atoms with E-state index in [2.05, 4.69) is 174 Å². The second kappa shape index (κ2) is 11.3. The van der Waals surface area contributed by atoms with Crippen LogP contribution in [0.5, 0.6) is 0 Å². The van der Waals surface area contributed by atoms with Crippen molar-refractivity contribution in [1.82, 2.24) is 0 Å². The average molecular weight is 543 g/mol. The van der Waals surface area contributed by atoms with E-state index in [1.165, 1.54) is 44.8 Å². The van der Waals surface area contributed by atoms with Crippen LogP contribution in [-0.4, -0.2) is 5.71 Å². The van der Waals surface area contributed by atoms with E-state index in [4.69, 9.17) is 5.10 Å². The van der Waals surface area contributed by atoms with Gasteiger partial charge in [-0.3, -0.25) is 5.01 Å². The highest BCUT2D eigenvalue weighted by atomic mass is 15.5. The Bertz CT molecular complexity index is 1770. The van der Waals surface area contributed by atoms with Crippen molar-refractivity contribution in [2.45, 2.75) is 12.5 Å². The summed E-state index contributed by atoms with van der Waals surface area (Å²) >= 11 is 0. The molecule has 42 heavy (non-hydrogen) atoms. The lowest BCUT2D eigenvalue weighted by Crippen LogP contribution is -2.34. The minimum atomic E-state index is 0.150. The molecular formula is C39H32N3+. The molecule has 7 rings (SSSR count). The lowest BCUT2D eigenvalue weighted by Gasteiger charge is -2.24. The average Bonchev–Trinajstić information content (AvgIpc) is 3.52. The third-order valence-electron chi connectivity index (χ3n) is 8.11. The molecule has 1 atom stereocenters. The van der Waals surface area contributed by atoms with Gasteiger partial charge in [0.2, 0.25) is 11.4 Å². The molecule has 0 spiro atoms. The molecule has 1 aromatic heterocycles. The van der Waals surface area contributed by atoms with Crippen LogP contribution < -0.4 is 9.58 Å². The fraction of sp³-hybridized carbons (Fsp3) is 0.0769. The first kappa shape index (κ1) is 25.7. The fourth-order valence-corrected chi connectivity index (χ4v) is 5.89. The van der Waals surface area contributed by atoms with Crippen molar-refractivity contribution in [2.75, 3.05) is 5.01 Å². The summed E-state index contributed by atoms with van der Waals surface area (Å²) in [6.07, 6.45) is 0.867. The quantitative estimate of drug-likeness (QED) is 0.192. The van der Waals surface area contributed by atoms with E-state index < -0.39 is 0 Å². The molecule has 3 heteroatoms. The van der Waals surface area contributed by atoms with E-state index in [1.54, 1.807) is 0 Å². The smallest absolute Gasteiger partial charge is 0.213 e. The first-order valence-corrected chi connectivity index (χ1v) is 14.5. The molecule has 0 N–H and O–H groups in total. The van der Waals surface area contributed by atoms with Crippen molar-refractivity contribution in [3.05, 3.63) is 169 Å². The standard InChI is InChI=1S/C39H32N3/c1-41-37(31-16-8-3-9-17-31)26-34(27-38(41)32-18-10-4-11-19-32)29-22-24-35(25-23-29)42-39(33-20-12-5-13-21-33)28-36(40-42)30-14-6-2-7-15-30/h2-27,39H,28H2,1H3/q+1/t39-/m0/s1. The zero-order valence-corrected chi connectivity index (χ0v) is 23.6. The van der Waals surface area contributed by atoms with E-state index in [0.717, 1.165) is 17.8 Å². The second-order valence-corrected chi connectivity index (χ2v) is 10.7. The number of pyridine rings is 1. The Morgan fingerprint density at radius 1 is 0.524 bits per heavy atom. The molecule has 0 radical (unpaired) electrons. The Hall–Kier alpha value is -5.28. The zero-order valence-electron chi connectivity index (χ0n) is 23.6. The Kier molecular flexibility index (Phi) is 6.91. The summed E-state index contributed by atoms with van der Waals surface area (Å²) in [5.74, 6) is 0. The zero-order chi connectivity index (χ0) is 28.3. The maximum absolute atomic E-state index is 5.15. The van der Waals surface area contributed by atoms with Gasteiger partial charge in [0.15, 0.2) is 0 Å². The molecule has 0 unspecified atom stereocenters. The van der Waals surface area contributed by atoms with Gasteiger partial charge in [-0.25, -0.2) is 0 Å². The molecule has 6 aromatic rings. The predicted octanol–water partition coefficient (Wildman–Crippen LogP) is 8.87. The van der Waals surface area contributed by atoms with Crippen LogP contribution >= 0.6 is 0 Å². The lowest BCUT2D eigenvalue weighted by atomic mass is 9.97. The molecule has 1 aliphatic rings. The van der Waals surface area contributed by atoms with Crippen LogP contribution in [-0.2, 0) is 7.05 Å². The number of hydrogen-bond acceptors (Lipinski definition) is 2. The lowest BCUT2D eigenvalue weighted by molar-refractivity contribution is -0.649. The monoisotopic (exact) mass is 542 g/mol. The van der Waals surface area contributed by atoms with Gasteiger partial charge < -0.3 is 0 Å². The van der Waals surface area contributed by atoms with Crippen molar-refractivity contribution in [3.8, 4) is 33.6 Å². The van der Waals surface area contributed by atoms with E-state index >= 15 is 0 Å². The van der Waals surface area contributed by atoms with Crippen LogP contribution in [0, 0.1) is 0 Å². The number of anilines is 1. The minimum Gasteiger partial charge on any atom is -0.257 e. The summed E-state index contributed by atoms with van der Waals surface area (Å²) in [6, 6.07) is 56.1. The van der Waals surface area contributed by atoms with Crippen LogP contribution in [0.3, 0.4) is 0 Å². The molecule has 0 aliphatic carbocycles. The van der Waals surface area contributed by atoms with Gasteiger partial charge in [0.25, 0.3) is 0 Å². The highest BCUT2D eigenvalue weighted by molar-refractivity contribution is 6.03. The highest BCUT2D eigenvalue weighted by Crippen LogP contribution is 2.38. The summed E-state index contributed by atoms with van der Waals surface area (Å²) in [5.41, 5.74) is 11.8. The molecule has 0 fully saturated rings. The first-order chi connectivity index (χ1) is 20.7. The topological polar surface area (TPSA) is 19.5 Å². The highest BCUT2D eigenvalue weighted by Gasteiger charge is 2.30. The van der Waals surface area contributed by atoms with Crippen LogP contribution in [0.1, 0.15) is 23.6 Å². The first-order valence-electron chi connectivity index (χ1n) is 14.5. The number of nitrogens with zero attached hydrogens (tertiary/aromatic N) is 3. The molecule has 3 nitrogen and oxygen atoms in total. The van der Waals surface area contributed by atoms with Crippen molar-refractivity contribution >= 4 is 11.4 Å². The molecule has 202 valence electrons. The number of hydrogen-bond donors (Lipinski definition) is 0. The SMILES string of the molecule is C[n+]1c(-c2ccccc2)cc(-c2ccc(N3N=C(c4ccccc4)C[C@H]3c3ccccc3)cc2)cc1-c1ccccc1. The number of rotatable bonds is 6. The summed E-state index contributed by atoms with van der Waals surface area (Å²) < 4.78 is 2.29. The molecule has 0 saturated heterocycles. The third-order valence-corrected chi connectivity index (χ3v) is 8.11. The third kappa shape index (κ3) is 5.02. The van der Waals surface area contributed by atoms with Gasteiger partial charge in [0.1, 0.15) is 7.05 Å². The molecule has 0 bridgehead atoms. The van der Waals surface area contributed by atoms with E-state index in [0.29, 0.717) is 0 Å². The molecule has 5 aromatic carbocycles. The molecule has 2 heterocycles. The maximum Gasteiger partial charge on any atom is 0.213 e. The van der Waals surface area contributed by atoms with Crippen molar-refractivity contribution in [3.63, 3.8) is 0 Å². The fourth-order valence-electron chi connectivity index (χ4n) is 5.89. The number of hydrazone groups is 1. The van der Waals surface area contributed by atoms with Crippen LogP contribution in [0.25, 0.3) is 33.6 Å². The Morgan fingerprint density at radius 2 is 1.00 bits per heavy atom. The van der Waals surface area contributed by atoms with Crippen molar-refractivity contribution in [2.24, 2.45) is 12.1 Å².